The van der Waals surface area contributed by atoms with Crippen LogP contribution in [0.4, 0.5) is 17.6 Å². The Morgan fingerprint density at radius 2 is 1.80 bits per heavy atom. The van der Waals surface area contributed by atoms with Crippen molar-refractivity contribution in [1.29, 1.82) is 0 Å². The van der Waals surface area contributed by atoms with Crippen molar-refractivity contribution in [2.24, 2.45) is 5.92 Å². The van der Waals surface area contributed by atoms with Crippen LogP contribution >= 0.6 is 0 Å². The first-order chi connectivity index (χ1) is 9.14. The molecule has 0 heterocycles. The number of rotatable bonds is 3. The van der Waals surface area contributed by atoms with Crippen molar-refractivity contribution in [1.82, 2.24) is 0 Å². The first-order valence-corrected chi connectivity index (χ1v) is 7.41. The zero-order valence-corrected chi connectivity index (χ0v) is 11.0. The number of aliphatic hydroxyl groups excluding tert-OH is 1. The highest BCUT2D eigenvalue weighted by atomic mass is 32.2. The van der Waals surface area contributed by atoms with Crippen LogP contribution in [0.15, 0.2) is 23.1 Å². The van der Waals surface area contributed by atoms with E-state index >= 15 is 0 Å². The van der Waals surface area contributed by atoms with Crippen molar-refractivity contribution in [3.8, 4) is 0 Å². The van der Waals surface area contributed by atoms with E-state index in [1.807, 2.05) is 0 Å². The molecular weight excluding hydrogens is 300 g/mol. The quantitative estimate of drug-likeness (QED) is 0.872. The monoisotopic (exact) mass is 312 g/mol. The molecule has 20 heavy (non-hydrogen) atoms. The number of hydrogen-bond donors (Lipinski definition) is 1. The highest BCUT2D eigenvalue weighted by Crippen LogP contribution is 2.38. The first kappa shape index (κ1) is 15.2. The Labute approximate surface area is 113 Å². The van der Waals surface area contributed by atoms with Crippen LogP contribution in [0.5, 0.6) is 0 Å². The third kappa shape index (κ3) is 2.80. The lowest BCUT2D eigenvalue weighted by atomic mass is 9.86. The largest absolute Gasteiger partial charge is 0.416 e. The fourth-order valence-electron chi connectivity index (χ4n) is 2.16. The van der Waals surface area contributed by atoms with Gasteiger partial charge in [0.2, 0.25) is 0 Å². The first-order valence-electron chi connectivity index (χ1n) is 5.87. The molecule has 112 valence electrons. The van der Waals surface area contributed by atoms with Crippen LogP contribution in [0.3, 0.4) is 0 Å². The van der Waals surface area contributed by atoms with Gasteiger partial charge in [-0.05, 0) is 37.0 Å². The molecule has 0 radical (unpaired) electrons. The van der Waals surface area contributed by atoms with Gasteiger partial charge in [-0.2, -0.15) is 13.2 Å². The molecular formula is C12H12F4O3S. The minimum atomic E-state index is -4.81. The number of benzene rings is 1. The summed E-state index contributed by atoms with van der Waals surface area (Å²) < 4.78 is 75.1. The summed E-state index contributed by atoms with van der Waals surface area (Å²) in [4.78, 5) is -0.661. The zero-order valence-electron chi connectivity index (χ0n) is 10.2. The van der Waals surface area contributed by atoms with Crippen molar-refractivity contribution in [3.63, 3.8) is 0 Å². The van der Waals surface area contributed by atoms with Gasteiger partial charge >= 0.3 is 6.18 Å². The Balaban J connectivity index is 2.36. The van der Waals surface area contributed by atoms with Crippen molar-refractivity contribution < 1.29 is 31.1 Å². The van der Waals surface area contributed by atoms with Gasteiger partial charge < -0.3 is 5.11 Å². The maximum atomic E-state index is 13.2. The van der Waals surface area contributed by atoms with Crippen LogP contribution in [0, 0.1) is 11.7 Å². The summed E-state index contributed by atoms with van der Waals surface area (Å²) in [5, 5.41) is 7.97. The van der Waals surface area contributed by atoms with E-state index in [1.54, 1.807) is 0 Å². The molecule has 1 fully saturated rings. The van der Waals surface area contributed by atoms with Crippen LogP contribution in [0.2, 0.25) is 0 Å². The van der Waals surface area contributed by atoms with Gasteiger partial charge in [-0.25, -0.2) is 12.8 Å². The van der Waals surface area contributed by atoms with Crippen LogP contribution in [0.1, 0.15) is 18.4 Å². The maximum absolute atomic E-state index is 13.2. The summed E-state index contributed by atoms with van der Waals surface area (Å²) in [5.74, 6) is -1.40. The molecule has 1 aliphatic rings. The highest BCUT2D eigenvalue weighted by Gasteiger charge is 2.40. The van der Waals surface area contributed by atoms with E-state index in [1.165, 1.54) is 0 Å². The standard InChI is InChI=1S/C12H12F4O3S/c13-9-3-8(12(14,15)16)4-11(5-9)20(18,19)10-1-7(2-10)6-17/h3-5,7,10,17H,1-2,6H2. The third-order valence-corrected chi connectivity index (χ3v) is 5.57. The number of sulfone groups is 1. The third-order valence-electron chi connectivity index (χ3n) is 3.42. The molecule has 0 amide bonds. The molecule has 1 aromatic rings. The Hall–Kier alpha value is -1.15. The number of hydrogen-bond acceptors (Lipinski definition) is 3. The summed E-state index contributed by atoms with van der Waals surface area (Å²) >= 11 is 0. The molecule has 1 aliphatic carbocycles. The molecule has 0 spiro atoms. The maximum Gasteiger partial charge on any atom is 0.416 e. The molecule has 2 rings (SSSR count). The molecule has 0 unspecified atom stereocenters. The average Bonchev–Trinajstić information content (AvgIpc) is 2.25. The molecule has 1 aromatic carbocycles. The molecule has 0 aromatic heterocycles. The minimum absolute atomic E-state index is 0.162. The predicted molar refractivity (Wildman–Crippen MR) is 62.2 cm³/mol. The normalized spacial score (nSPS) is 23.4. The summed E-state index contributed by atoms with van der Waals surface area (Å²) in [5.41, 5.74) is -1.32. The zero-order chi connectivity index (χ0) is 15.1. The van der Waals surface area contributed by atoms with Gasteiger partial charge in [0.25, 0.3) is 0 Å². The second-order valence-electron chi connectivity index (χ2n) is 4.86. The Morgan fingerprint density at radius 1 is 1.20 bits per heavy atom. The summed E-state index contributed by atoms with van der Waals surface area (Å²) in [7, 11) is -4.00. The molecule has 1 N–H and O–H groups in total. The molecule has 3 nitrogen and oxygen atoms in total. The van der Waals surface area contributed by atoms with Crippen LogP contribution in [0.25, 0.3) is 0 Å². The van der Waals surface area contributed by atoms with Crippen molar-refractivity contribution in [2.45, 2.75) is 29.2 Å². The summed E-state index contributed by atoms with van der Waals surface area (Å²) in [6.07, 6.45) is -4.45. The molecule has 0 aliphatic heterocycles. The second kappa shape index (κ2) is 5.00. The van der Waals surface area contributed by atoms with Gasteiger partial charge in [-0.15, -0.1) is 0 Å². The topological polar surface area (TPSA) is 54.4 Å². The molecule has 0 saturated heterocycles. The van der Waals surface area contributed by atoms with Gasteiger partial charge in [-0.1, -0.05) is 0 Å². The summed E-state index contributed by atoms with van der Waals surface area (Å²) in [6.45, 7) is -0.164. The van der Waals surface area contributed by atoms with E-state index in [2.05, 4.69) is 0 Å². The highest BCUT2D eigenvalue weighted by molar-refractivity contribution is 7.92. The summed E-state index contributed by atoms with van der Waals surface area (Å²) in [6, 6.07) is 1.30. The van der Waals surface area contributed by atoms with Gasteiger partial charge in [0.15, 0.2) is 9.84 Å². The Kier molecular flexibility index (Phi) is 3.81. The lowest BCUT2D eigenvalue weighted by molar-refractivity contribution is -0.137. The van der Waals surface area contributed by atoms with Crippen molar-refractivity contribution >= 4 is 9.84 Å². The van der Waals surface area contributed by atoms with Gasteiger partial charge in [0, 0.05) is 6.61 Å². The van der Waals surface area contributed by atoms with Gasteiger partial charge in [0.1, 0.15) is 5.82 Å². The van der Waals surface area contributed by atoms with Crippen LogP contribution in [-0.2, 0) is 16.0 Å². The lowest BCUT2D eigenvalue weighted by Crippen LogP contribution is -2.37. The van der Waals surface area contributed by atoms with Crippen molar-refractivity contribution in [2.75, 3.05) is 6.61 Å². The number of alkyl halides is 3. The van der Waals surface area contributed by atoms with Gasteiger partial charge in [-0.3, -0.25) is 0 Å². The molecule has 8 heteroatoms. The number of aliphatic hydroxyl groups is 1. The van der Waals surface area contributed by atoms with E-state index in [-0.39, 0.29) is 31.4 Å². The van der Waals surface area contributed by atoms with Crippen molar-refractivity contribution in [3.05, 3.63) is 29.6 Å². The molecule has 1 saturated carbocycles. The Bertz CT molecular complexity index is 604. The fraction of sp³-hybridized carbons (Fsp3) is 0.500. The van der Waals surface area contributed by atoms with Crippen LogP contribution in [-0.4, -0.2) is 25.4 Å². The lowest BCUT2D eigenvalue weighted by Gasteiger charge is -2.33. The van der Waals surface area contributed by atoms with Crippen LogP contribution < -0.4 is 0 Å². The van der Waals surface area contributed by atoms with E-state index in [4.69, 9.17) is 5.11 Å². The predicted octanol–water partition coefficient (Wildman–Crippen LogP) is 2.39. The minimum Gasteiger partial charge on any atom is -0.396 e. The number of halogens is 4. The van der Waals surface area contributed by atoms with Gasteiger partial charge in [0.05, 0.1) is 15.7 Å². The second-order valence-corrected chi connectivity index (χ2v) is 7.09. The average molecular weight is 312 g/mol. The fourth-order valence-corrected chi connectivity index (χ4v) is 4.16. The molecule has 0 atom stereocenters. The van der Waals surface area contributed by atoms with E-state index in [0.717, 1.165) is 0 Å². The smallest absolute Gasteiger partial charge is 0.396 e. The molecule has 0 bridgehead atoms. The van der Waals surface area contributed by atoms with E-state index in [0.29, 0.717) is 12.1 Å². The van der Waals surface area contributed by atoms with E-state index < -0.39 is 37.5 Å². The SMILES string of the molecule is O=S(=O)(c1cc(F)cc(C(F)(F)F)c1)C1CC(CO)C1. The van der Waals surface area contributed by atoms with E-state index in [9.17, 15) is 26.0 Å². The Morgan fingerprint density at radius 3 is 2.30 bits per heavy atom.